The van der Waals surface area contributed by atoms with Gasteiger partial charge in [0.15, 0.2) is 11.4 Å². The van der Waals surface area contributed by atoms with E-state index in [9.17, 15) is 9.59 Å². The van der Waals surface area contributed by atoms with Crippen LogP contribution in [0, 0.1) is 0 Å². The third kappa shape index (κ3) is 6.40. The summed E-state index contributed by atoms with van der Waals surface area (Å²) in [5.41, 5.74) is 4.37. The van der Waals surface area contributed by atoms with Gasteiger partial charge in [0.25, 0.3) is 11.8 Å². The van der Waals surface area contributed by atoms with Gasteiger partial charge in [0.2, 0.25) is 0 Å². The Bertz CT molecular complexity index is 2340. The Morgan fingerprint density at radius 3 is 1.35 bits per heavy atom. The quantitative estimate of drug-likeness (QED) is 0.158. The Kier molecular flexibility index (Phi) is 9.48. The summed E-state index contributed by atoms with van der Waals surface area (Å²) in [7, 11) is 1.97. The zero-order chi connectivity index (χ0) is 34.0. The predicted octanol–water partition coefficient (Wildman–Crippen LogP) is 7.18. The van der Waals surface area contributed by atoms with Crippen LogP contribution in [0.25, 0.3) is 54.7 Å². The van der Waals surface area contributed by atoms with E-state index < -0.39 is 0 Å². The number of carbonyl (C=O) groups is 2. The van der Waals surface area contributed by atoms with Gasteiger partial charge in [-0.2, -0.15) is 10.2 Å². The van der Waals surface area contributed by atoms with Crippen LogP contribution in [0.4, 0.5) is 0 Å². The van der Waals surface area contributed by atoms with Gasteiger partial charge in [-0.1, -0.05) is 97.1 Å². The van der Waals surface area contributed by atoms with Crippen LogP contribution in [0.15, 0.2) is 133 Å². The maximum atomic E-state index is 13.5. The van der Waals surface area contributed by atoms with Crippen molar-refractivity contribution >= 4 is 67.6 Å². The van der Waals surface area contributed by atoms with Crippen LogP contribution >= 0.6 is 12.4 Å². The second-order valence-corrected chi connectivity index (χ2v) is 12.4. The molecule has 9 nitrogen and oxygen atoms in total. The molecule has 2 amide bonds. The third-order valence-electron chi connectivity index (χ3n) is 9.12. The minimum Gasteiger partial charge on any atom is -0.349 e. The number of fused-ring (bicyclic) bond motifs is 6. The average molecular weight is 694 g/mol. The molecule has 0 spiro atoms. The smallest absolute Gasteiger partial charge is 0.272 e. The third-order valence-corrected chi connectivity index (χ3v) is 9.12. The highest BCUT2D eigenvalue weighted by molar-refractivity contribution is 6.15. The number of benzene rings is 6. The van der Waals surface area contributed by atoms with E-state index in [2.05, 4.69) is 39.8 Å². The first-order valence-electron chi connectivity index (χ1n) is 16.7. The van der Waals surface area contributed by atoms with Gasteiger partial charge in [0.1, 0.15) is 0 Å². The van der Waals surface area contributed by atoms with Gasteiger partial charge >= 0.3 is 0 Å². The molecule has 0 aliphatic rings. The summed E-state index contributed by atoms with van der Waals surface area (Å²) in [6, 6.07) is 44.0. The van der Waals surface area contributed by atoms with E-state index >= 15 is 0 Å². The molecule has 0 saturated carbocycles. The van der Waals surface area contributed by atoms with Crippen LogP contribution in [0.3, 0.4) is 0 Å². The lowest BCUT2D eigenvalue weighted by Gasteiger charge is -2.17. The van der Waals surface area contributed by atoms with Crippen molar-refractivity contribution in [2.45, 2.75) is 0 Å². The summed E-state index contributed by atoms with van der Waals surface area (Å²) in [4.78, 5) is 29.1. The van der Waals surface area contributed by atoms with Crippen LogP contribution in [0.1, 0.15) is 21.0 Å². The topological polar surface area (TPSA) is 97.1 Å². The molecule has 0 unspecified atom stereocenters. The average Bonchev–Trinajstić information content (AvgIpc) is 3.76. The number of amides is 2. The molecule has 0 atom stereocenters. The van der Waals surface area contributed by atoms with Crippen molar-refractivity contribution < 1.29 is 9.59 Å². The van der Waals surface area contributed by atoms with Crippen molar-refractivity contribution in [3.8, 4) is 11.4 Å². The number of aromatic nitrogens is 4. The van der Waals surface area contributed by atoms with Crippen molar-refractivity contribution in [3.05, 3.63) is 145 Å². The van der Waals surface area contributed by atoms with Crippen LogP contribution < -0.4 is 10.6 Å². The number of hydrogen-bond donors (Lipinski definition) is 2. The molecular weight excluding hydrogens is 658 g/mol. The van der Waals surface area contributed by atoms with Crippen molar-refractivity contribution in [2.24, 2.45) is 0 Å². The van der Waals surface area contributed by atoms with Crippen LogP contribution in [-0.2, 0) is 0 Å². The first-order chi connectivity index (χ1) is 24.6. The van der Waals surface area contributed by atoms with Gasteiger partial charge in [-0.15, -0.1) is 12.4 Å². The van der Waals surface area contributed by atoms with Gasteiger partial charge < -0.3 is 15.5 Å². The molecule has 0 aliphatic carbocycles. The molecule has 0 fully saturated rings. The van der Waals surface area contributed by atoms with E-state index in [1.807, 2.05) is 126 Å². The Morgan fingerprint density at radius 1 is 0.529 bits per heavy atom. The predicted molar refractivity (Wildman–Crippen MR) is 207 cm³/mol. The number of para-hydroxylation sites is 2. The number of halogens is 1. The summed E-state index contributed by atoms with van der Waals surface area (Å²) < 4.78 is 3.71. The zero-order valence-corrected chi connectivity index (χ0v) is 28.8. The molecule has 51 heavy (non-hydrogen) atoms. The highest BCUT2D eigenvalue weighted by atomic mass is 35.5. The Morgan fingerprint density at radius 2 is 0.922 bits per heavy atom. The summed E-state index contributed by atoms with van der Waals surface area (Å²) in [5.74, 6) is -0.454. The van der Waals surface area contributed by atoms with Crippen molar-refractivity contribution in [2.75, 3.05) is 33.2 Å². The molecular formula is C41H36ClN7O2. The SMILES string of the molecule is CN(CCNC(=O)c1nn(-c2ccccc2)c2c1ccc1ccccc12)CCNC(=O)c1nn(-c2ccccc2)c2c1ccc1ccccc12.Cl. The largest absolute Gasteiger partial charge is 0.349 e. The molecule has 2 aromatic heterocycles. The van der Waals surface area contributed by atoms with Crippen LogP contribution in [0.5, 0.6) is 0 Å². The molecule has 8 aromatic rings. The maximum absolute atomic E-state index is 13.5. The first kappa shape index (κ1) is 33.5. The van der Waals surface area contributed by atoms with E-state index in [0.717, 1.165) is 54.7 Å². The first-order valence-corrected chi connectivity index (χ1v) is 16.7. The van der Waals surface area contributed by atoms with Crippen molar-refractivity contribution in [1.82, 2.24) is 35.1 Å². The lowest BCUT2D eigenvalue weighted by Crippen LogP contribution is -2.37. The zero-order valence-electron chi connectivity index (χ0n) is 28.0. The summed E-state index contributed by atoms with van der Waals surface area (Å²) in [5, 5.41) is 21.6. The summed E-state index contributed by atoms with van der Waals surface area (Å²) >= 11 is 0. The molecule has 8 rings (SSSR count). The molecule has 2 heterocycles. The van der Waals surface area contributed by atoms with E-state index in [0.29, 0.717) is 37.6 Å². The number of carbonyl (C=O) groups excluding carboxylic acids is 2. The lowest BCUT2D eigenvalue weighted by molar-refractivity contribution is 0.0944. The second-order valence-electron chi connectivity index (χ2n) is 12.4. The van der Waals surface area contributed by atoms with E-state index in [4.69, 9.17) is 10.2 Å². The molecule has 6 aromatic carbocycles. The summed E-state index contributed by atoms with van der Waals surface area (Å²) in [6.07, 6.45) is 0. The number of nitrogens with one attached hydrogen (secondary N) is 2. The molecule has 10 heteroatoms. The number of likely N-dealkylation sites (N-methyl/N-ethyl adjacent to an activating group) is 1. The fourth-order valence-corrected chi connectivity index (χ4v) is 6.60. The second kappa shape index (κ2) is 14.4. The minimum atomic E-state index is -0.227. The molecule has 0 bridgehead atoms. The lowest BCUT2D eigenvalue weighted by atomic mass is 10.1. The molecule has 2 N–H and O–H groups in total. The van der Waals surface area contributed by atoms with Crippen molar-refractivity contribution in [1.29, 1.82) is 0 Å². The van der Waals surface area contributed by atoms with Gasteiger partial charge in [-0.25, -0.2) is 9.36 Å². The monoisotopic (exact) mass is 693 g/mol. The number of rotatable bonds is 10. The van der Waals surface area contributed by atoms with Crippen LogP contribution in [-0.4, -0.2) is 69.5 Å². The van der Waals surface area contributed by atoms with Gasteiger partial charge in [-0.05, 0) is 54.2 Å². The van der Waals surface area contributed by atoms with Gasteiger partial charge in [0, 0.05) is 47.7 Å². The van der Waals surface area contributed by atoms with E-state index in [1.54, 1.807) is 0 Å². The number of hydrogen-bond acceptors (Lipinski definition) is 5. The highest BCUT2D eigenvalue weighted by Gasteiger charge is 2.21. The Balaban J connectivity index is 0.00000406. The van der Waals surface area contributed by atoms with E-state index in [-0.39, 0.29) is 24.2 Å². The molecule has 254 valence electrons. The van der Waals surface area contributed by atoms with Crippen molar-refractivity contribution in [3.63, 3.8) is 0 Å². The standard InChI is InChI=1S/C41H35N7O2.ClH/c1-46(26-24-42-40(49)36-34-22-20-28-12-8-10-18-32(28)38(34)47(44-36)30-14-4-2-5-15-30)27-25-43-41(50)37-35-23-21-29-13-9-11-19-33(29)39(35)48(45-37)31-16-6-3-7-17-31;/h2-23H,24-27H2,1H3,(H,42,49)(H,43,50);1H. The molecule has 0 radical (unpaired) electrons. The van der Waals surface area contributed by atoms with Gasteiger partial charge in [-0.3, -0.25) is 9.59 Å². The maximum Gasteiger partial charge on any atom is 0.272 e. The molecule has 0 saturated heterocycles. The summed E-state index contributed by atoms with van der Waals surface area (Å²) in [6.45, 7) is 2.05. The normalized spacial score (nSPS) is 11.3. The molecule has 0 aliphatic heterocycles. The van der Waals surface area contributed by atoms with Gasteiger partial charge in [0.05, 0.1) is 22.4 Å². The van der Waals surface area contributed by atoms with E-state index in [1.165, 1.54) is 0 Å². The Labute approximate surface area is 300 Å². The van der Waals surface area contributed by atoms with Crippen LogP contribution in [0.2, 0.25) is 0 Å². The highest BCUT2D eigenvalue weighted by Crippen LogP contribution is 2.31. The fraction of sp³-hybridized carbons (Fsp3) is 0.122. The fourth-order valence-electron chi connectivity index (χ4n) is 6.60. The minimum absolute atomic E-state index is 0. The number of nitrogens with zero attached hydrogens (tertiary/aromatic N) is 5. The Hall–Kier alpha value is -6.03.